The number of thiocarbonyl (C=S) groups is 1. The van der Waals surface area contributed by atoms with Crippen molar-refractivity contribution >= 4 is 17.3 Å². The third-order valence-electron chi connectivity index (χ3n) is 1.99. The first-order chi connectivity index (χ1) is 7.77. The largest absolute Gasteiger partial charge is 0.357 e. The van der Waals surface area contributed by atoms with Crippen LogP contribution in [-0.2, 0) is 6.54 Å². The van der Waals surface area contributed by atoms with E-state index in [1.54, 1.807) is 6.08 Å². The van der Waals surface area contributed by atoms with E-state index in [0.717, 1.165) is 18.5 Å². The van der Waals surface area contributed by atoms with Crippen molar-refractivity contribution in [1.82, 2.24) is 9.88 Å². The van der Waals surface area contributed by atoms with Gasteiger partial charge in [-0.25, -0.2) is 4.99 Å². The van der Waals surface area contributed by atoms with Crippen molar-refractivity contribution in [2.24, 2.45) is 4.99 Å². The summed E-state index contributed by atoms with van der Waals surface area (Å²) in [5.74, 6) is 0. The molecule has 1 aromatic heterocycles. The molecule has 0 aliphatic rings. The fraction of sp³-hybridized carbons (Fsp3) is 0.333. The normalized spacial score (nSPS) is 11.2. The average molecular weight is 235 g/mol. The minimum absolute atomic E-state index is 0.496. The molecule has 0 aliphatic heterocycles. The Morgan fingerprint density at radius 3 is 3.12 bits per heavy atom. The molecule has 0 radical (unpaired) electrons. The van der Waals surface area contributed by atoms with E-state index in [1.165, 1.54) is 0 Å². The van der Waals surface area contributed by atoms with Gasteiger partial charge in [0.2, 0.25) is 0 Å². The van der Waals surface area contributed by atoms with Crippen LogP contribution in [-0.4, -0.2) is 16.2 Å². The highest BCUT2D eigenvalue weighted by Crippen LogP contribution is 1.86. The summed E-state index contributed by atoms with van der Waals surface area (Å²) < 4.78 is 2.09. The van der Waals surface area contributed by atoms with Gasteiger partial charge < -0.3 is 9.88 Å². The lowest BCUT2D eigenvalue weighted by molar-refractivity contribution is 0.645. The molecule has 0 bridgehead atoms. The maximum Gasteiger partial charge on any atom is 0.194 e. The molecule has 3 nitrogen and oxygen atoms in total. The second kappa shape index (κ2) is 6.95. The third-order valence-corrected chi connectivity index (χ3v) is 2.23. The van der Waals surface area contributed by atoms with Crippen LogP contribution in [0.15, 0.2) is 42.0 Å². The van der Waals surface area contributed by atoms with Crippen LogP contribution in [0, 0.1) is 0 Å². The molecule has 0 saturated carbocycles. The van der Waals surface area contributed by atoms with Gasteiger partial charge in [-0.05, 0) is 30.8 Å². The van der Waals surface area contributed by atoms with E-state index in [0.29, 0.717) is 11.7 Å². The molecule has 0 saturated heterocycles. The van der Waals surface area contributed by atoms with Crippen LogP contribution in [0.5, 0.6) is 0 Å². The minimum Gasteiger partial charge on any atom is -0.357 e. The Kier molecular flexibility index (Phi) is 5.50. The maximum absolute atomic E-state index is 5.11. The number of nitrogens with zero attached hydrogens (tertiary/aromatic N) is 2. The smallest absolute Gasteiger partial charge is 0.194 e. The predicted octanol–water partition coefficient (Wildman–Crippen LogP) is 1.86. The Morgan fingerprint density at radius 1 is 1.62 bits per heavy atom. The van der Waals surface area contributed by atoms with E-state index in [2.05, 4.69) is 28.4 Å². The Labute approximate surface area is 102 Å². The number of nitrogens with one attached hydrogen (secondary N) is 1. The van der Waals surface area contributed by atoms with E-state index in [9.17, 15) is 0 Å². The van der Waals surface area contributed by atoms with Gasteiger partial charge in [-0.3, -0.25) is 0 Å². The summed E-state index contributed by atoms with van der Waals surface area (Å²) in [5, 5.41) is 3.48. The van der Waals surface area contributed by atoms with E-state index in [-0.39, 0.29) is 0 Å². The third kappa shape index (κ3) is 3.98. The second-order valence-corrected chi connectivity index (χ2v) is 3.73. The first-order valence-corrected chi connectivity index (χ1v) is 5.77. The summed E-state index contributed by atoms with van der Waals surface area (Å²) >= 11 is 5.11. The topological polar surface area (TPSA) is 29.3 Å². The number of aromatic nitrogens is 1. The molecule has 4 heteroatoms. The van der Waals surface area contributed by atoms with Crippen LogP contribution < -0.4 is 10.8 Å². The monoisotopic (exact) mass is 235 g/mol. The van der Waals surface area contributed by atoms with Gasteiger partial charge in [-0.15, -0.1) is 6.58 Å². The van der Waals surface area contributed by atoms with Crippen LogP contribution in [0.3, 0.4) is 0 Å². The highest BCUT2D eigenvalue weighted by Gasteiger charge is 1.93. The van der Waals surface area contributed by atoms with Gasteiger partial charge in [-0.2, -0.15) is 0 Å². The molecule has 0 atom stereocenters. The van der Waals surface area contributed by atoms with Gasteiger partial charge >= 0.3 is 0 Å². The zero-order chi connectivity index (χ0) is 11.8. The van der Waals surface area contributed by atoms with E-state index in [1.807, 2.05) is 24.4 Å². The molecule has 16 heavy (non-hydrogen) atoms. The number of hydrogen-bond donors (Lipinski definition) is 1. The van der Waals surface area contributed by atoms with Crippen molar-refractivity contribution in [3.63, 3.8) is 0 Å². The molecule has 0 unspecified atom stereocenters. The molecule has 0 aliphatic carbocycles. The van der Waals surface area contributed by atoms with E-state index >= 15 is 0 Å². The molecule has 1 rings (SSSR count). The lowest BCUT2D eigenvalue weighted by Gasteiger charge is -2.05. The lowest BCUT2D eigenvalue weighted by Crippen LogP contribution is -2.26. The van der Waals surface area contributed by atoms with Crippen molar-refractivity contribution in [3.8, 4) is 0 Å². The number of pyridine rings is 1. The molecule has 1 heterocycles. The second-order valence-electron chi connectivity index (χ2n) is 3.34. The van der Waals surface area contributed by atoms with Crippen molar-refractivity contribution in [2.45, 2.75) is 19.9 Å². The van der Waals surface area contributed by atoms with Crippen LogP contribution in [0.25, 0.3) is 0 Å². The SMILES string of the molecule is C=CCNC(=S)N=c1ccccn1CCC. The molecule has 1 N–H and O–H groups in total. The standard InChI is InChI=1S/C12H17N3S/c1-3-8-13-12(16)14-11-7-5-6-10-15(11)9-4-2/h3,5-7,10H,1,4,8-9H2,2H3,(H,13,16). The first kappa shape index (κ1) is 12.6. The molecule has 0 fully saturated rings. The van der Waals surface area contributed by atoms with Gasteiger partial charge in [-0.1, -0.05) is 19.1 Å². The summed E-state index contributed by atoms with van der Waals surface area (Å²) in [6, 6.07) is 5.91. The molecule has 1 aromatic rings. The summed E-state index contributed by atoms with van der Waals surface area (Å²) in [6.07, 6.45) is 4.84. The van der Waals surface area contributed by atoms with Crippen molar-refractivity contribution in [2.75, 3.05) is 6.54 Å². The molecule has 0 amide bonds. The molecule has 0 spiro atoms. The quantitative estimate of drug-likeness (QED) is 0.637. The Bertz CT molecular complexity index is 420. The summed E-state index contributed by atoms with van der Waals surface area (Å²) in [7, 11) is 0. The van der Waals surface area contributed by atoms with Gasteiger partial charge in [0.05, 0.1) is 0 Å². The van der Waals surface area contributed by atoms with E-state index < -0.39 is 0 Å². The van der Waals surface area contributed by atoms with Gasteiger partial charge in [0.15, 0.2) is 5.11 Å². The Balaban J connectivity index is 2.88. The highest BCUT2D eigenvalue weighted by atomic mass is 32.1. The zero-order valence-corrected chi connectivity index (χ0v) is 10.3. The van der Waals surface area contributed by atoms with Crippen LogP contribution in [0.1, 0.15) is 13.3 Å². The fourth-order valence-corrected chi connectivity index (χ4v) is 1.48. The van der Waals surface area contributed by atoms with Crippen molar-refractivity contribution < 1.29 is 0 Å². The number of aryl methyl sites for hydroxylation is 1. The Morgan fingerprint density at radius 2 is 2.44 bits per heavy atom. The van der Waals surface area contributed by atoms with Crippen molar-refractivity contribution in [3.05, 3.63) is 42.5 Å². The maximum atomic E-state index is 5.11. The van der Waals surface area contributed by atoms with Crippen LogP contribution in [0.4, 0.5) is 0 Å². The molecule has 0 aromatic carbocycles. The minimum atomic E-state index is 0.496. The summed E-state index contributed by atoms with van der Waals surface area (Å²) in [4.78, 5) is 4.35. The van der Waals surface area contributed by atoms with E-state index in [4.69, 9.17) is 12.2 Å². The molecule has 86 valence electrons. The van der Waals surface area contributed by atoms with Crippen LogP contribution in [0.2, 0.25) is 0 Å². The highest BCUT2D eigenvalue weighted by molar-refractivity contribution is 7.80. The molecular weight excluding hydrogens is 218 g/mol. The number of hydrogen-bond acceptors (Lipinski definition) is 1. The first-order valence-electron chi connectivity index (χ1n) is 5.37. The number of rotatable bonds is 4. The summed E-state index contributed by atoms with van der Waals surface area (Å²) in [6.45, 7) is 7.34. The molecular formula is C12H17N3S. The van der Waals surface area contributed by atoms with Gasteiger partial charge in [0.25, 0.3) is 0 Å². The zero-order valence-electron chi connectivity index (χ0n) is 9.52. The summed E-state index contributed by atoms with van der Waals surface area (Å²) in [5.41, 5.74) is 0.880. The fourth-order valence-electron chi connectivity index (χ4n) is 1.30. The Hall–Kier alpha value is -1.42. The lowest BCUT2D eigenvalue weighted by atomic mass is 10.4. The average Bonchev–Trinajstić information content (AvgIpc) is 2.29. The van der Waals surface area contributed by atoms with Crippen molar-refractivity contribution in [1.29, 1.82) is 0 Å². The predicted molar refractivity (Wildman–Crippen MR) is 71.1 cm³/mol. The van der Waals surface area contributed by atoms with Gasteiger partial charge in [0, 0.05) is 19.3 Å². The van der Waals surface area contributed by atoms with Gasteiger partial charge in [0.1, 0.15) is 5.49 Å². The van der Waals surface area contributed by atoms with Crippen LogP contribution >= 0.6 is 12.2 Å².